The van der Waals surface area contributed by atoms with E-state index >= 15 is 0 Å². The monoisotopic (exact) mass is 456 g/mol. The van der Waals surface area contributed by atoms with E-state index in [4.69, 9.17) is 0 Å². The summed E-state index contributed by atoms with van der Waals surface area (Å²) in [5.74, 6) is -1.05. The van der Waals surface area contributed by atoms with Crippen molar-refractivity contribution in [2.75, 3.05) is 19.0 Å². The number of hydrogen-bond acceptors (Lipinski definition) is 8. The van der Waals surface area contributed by atoms with Crippen LogP contribution < -0.4 is 21.3 Å². The first kappa shape index (κ1) is 20.9. The van der Waals surface area contributed by atoms with E-state index in [0.29, 0.717) is 15.6 Å². The second-order valence-corrected chi connectivity index (χ2v) is 9.36. The lowest BCUT2D eigenvalue weighted by molar-refractivity contribution is 0.0845. The lowest BCUT2D eigenvalue weighted by atomic mass is 10.1. The number of carbonyl (C=O) groups is 2. The normalized spacial score (nSPS) is 11.3. The minimum atomic E-state index is -0.606. The highest BCUT2D eigenvalue weighted by Gasteiger charge is 2.20. The van der Waals surface area contributed by atoms with Crippen molar-refractivity contribution >= 4 is 59.9 Å². The molecular formula is C20H20N6O3S2. The Balaban J connectivity index is 1.56. The topological polar surface area (TPSA) is 109 Å². The van der Waals surface area contributed by atoms with E-state index < -0.39 is 11.8 Å². The highest BCUT2D eigenvalue weighted by atomic mass is 32.1. The van der Waals surface area contributed by atoms with Crippen molar-refractivity contribution in [2.45, 2.75) is 19.9 Å². The summed E-state index contributed by atoms with van der Waals surface area (Å²) in [6, 6.07) is 8.30. The molecule has 9 nitrogen and oxygen atoms in total. The van der Waals surface area contributed by atoms with Crippen LogP contribution in [0.5, 0.6) is 0 Å². The first-order valence-corrected chi connectivity index (χ1v) is 11.1. The maximum absolute atomic E-state index is 12.8. The molecule has 0 fully saturated rings. The van der Waals surface area contributed by atoms with Gasteiger partial charge in [-0.3, -0.25) is 25.2 Å². The van der Waals surface area contributed by atoms with Gasteiger partial charge < -0.3 is 4.90 Å². The van der Waals surface area contributed by atoms with Gasteiger partial charge in [0, 0.05) is 19.5 Å². The first-order valence-electron chi connectivity index (χ1n) is 9.46. The molecule has 0 saturated carbocycles. The third-order valence-electron chi connectivity index (χ3n) is 4.51. The number of aromatic nitrogens is 3. The molecule has 160 valence electrons. The Bertz CT molecular complexity index is 1340. The number of carbonyl (C=O) groups excluding carboxylic acids is 2. The van der Waals surface area contributed by atoms with Gasteiger partial charge in [0.25, 0.3) is 17.4 Å². The highest BCUT2D eigenvalue weighted by molar-refractivity contribution is 7.29. The Hall–Kier alpha value is -3.31. The van der Waals surface area contributed by atoms with Crippen molar-refractivity contribution in [1.29, 1.82) is 0 Å². The van der Waals surface area contributed by atoms with Crippen LogP contribution in [0.4, 0.5) is 5.13 Å². The first-order chi connectivity index (χ1) is 14.8. The van der Waals surface area contributed by atoms with Crippen LogP contribution in [0.15, 0.2) is 35.1 Å². The summed E-state index contributed by atoms with van der Waals surface area (Å²) in [5, 5.41) is 5.91. The predicted octanol–water partition coefficient (Wildman–Crippen LogP) is 2.79. The van der Waals surface area contributed by atoms with Gasteiger partial charge in [0.05, 0.1) is 21.0 Å². The molecular weight excluding hydrogens is 436 g/mol. The number of fused-ring (bicyclic) bond motifs is 2. The van der Waals surface area contributed by atoms with Gasteiger partial charge in [-0.05, 0) is 26.0 Å². The Morgan fingerprint density at radius 2 is 1.74 bits per heavy atom. The third kappa shape index (κ3) is 3.89. The molecule has 0 aliphatic carbocycles. The van der Waals surface area contributed by atoms with Crippen LogP contribution in [0, 0.1) is 0 Å². The number of anilines is 1. The molecule has 0 saturated heterocycles. The number of thiophene rings is 1. The lowest BCUT2D eigenvalue weighted by Crippen LogP contribution is -2.42. The van der Waals surface area contributed by atoms with E-state index in [2.05, 4.69) is 20.9 Å². The van der Waals surface area contributed by atoms with E-state index in [0.717, 1.165) is 14.7 Å². The fraction of sp³-hybridized carbons (Fsp3) is 0.250. The Kier molecular flexibility index (Phi) is 5.46. The molecule has 2 N–H and O–H groups in total. The largest absolute Gasteiger partial charge is 0.354 e. The van der Waals surface area contributed by atoms with Gasteiger partial charge in [-0.15, -0.1) is 11.3 Å². The van der Waals surface area contributed by atoms with Crippen LogP contribution in [-0.2, 0) is 0 Å². The van der Waals surface area contributed by atoms with Gasteiger partial charge in [0.15, 0.2) is 10.8 Å². The van der Waals surface area contributed by atoms with Crippen LogP contribution in [0.25, 0.3) is 20.3 Å². The zero-order valence-electron chi connectivity index (χ0n) is 17.3. The van der Waals surface area contributed by atoms with E-state index in [1.807, 2.05) is 32.8 Å². The summed E-state index contributed by atoms with van der Waals surface area (Å²) in [4.78, 5) is 45.5. The van der Waals surface area contributed by atoms with Gasteiger partial charge in [-0.1, -0.05) is 29.5 Å². The highest BCUT2D eigenvalue weighted by Crippen LogP contribution is 2.33. The average Bonchev–Trinajstić information content (AvgIpc) is 3.31. The van der Waals surface area contributed by atoms with E-state index in [1.54, 1.807) is 30.3 Å². The van der Waals surface area contributed by atoms with Gasteiger partial charge >= 0.3 is 0 Å². The summed E-state index contributed by atoms with van der Waals surface area (Å²) in [7, 11) is 3.82. The number of amides is 2. The standard InChI is InChI=1S/C20H20N6O3S2/c1-10(2)26-19(29)12-8-6-5-7-11(12)15(24-26)17(28)23-22-16(27)13-9-14-18(30-13)21-20(31-14)25(3)4/h5-10H,1-4H3,(H,22,27)(H,23,28). The SMILES string of the molecule is CC(C)n1nc(C(=O)NNC(=O)c2cc3sc(N(C)C)nc3s2)c2ccccc2c1=O. The van der Waals surface area contributed by atoms with Gasteiger partial charge in [0.1, 0.15) is 4.83 Å². The molecule has 11 heteroatoms. The number of rotatable bonds is 4. The molecule has 1 aromatic carbocycles. The Morgan fingerprint density at radius 3 is 2.39 bits per heavy atom. The molecule has 0 bridgehead atoms. The number of nitrogens with zero attached hydrogens (tertiary/aromatic N) is 4. The number of hydrogen-bond donors (Lipinski definition) is 2. The van der Waals surface area contributed by atoms with E-state index in [1.165, 1.54) is 27.4 Å². The smallest absolute Gasteiger partial charge is 0.290 e. The fourth-order valence-electron chi connectivity index (χ4n) is 2.99. The maximum atomic E-state index is 12.8. The molecule has 4 aromatic rings. The van der Waals surface area contributed by atoms with Gasteiger partial charge in [-0.25, -0.2) is 9.67 Å². The summed E-state index contributed by atoms with van der Waals surface area (Å²) >= 11 is 2.74. The summed E-state index contributed by atoms with van der Waals surface area (Å²) in [5.41, 5.74) is 4.63. The number of benzene rings is 1. The van der Waals surface area contributed by atoms with Crippen LogP contribution in [0.3, 0.4) is 0 Å². The molecule has 3 aromatic heterocycles. The second kappa shape index (κ2) is 8.08. The Morgan fingerprint density at radius 1 is 1.06 bits per heavy atom. The minimum absolute atomic E-state index is 0.0636. The van der Waals surface area contributed by atoms with Gasteiger partial charge in [-0.2, -0.15) is 5.10 Å². The van der Waals surface area contributed by atoms with Crippen LogP contribution in [0.1, 0.15) is 40.0 Å². The molecule has 4 rings (SSSR count). The van der Waals surface area contributed by atoms with Crippen LogP contribution in [0.2, 0.25) is 0 Å². The van der Waals surface area contributed by atoms with Crippen molar-refractivity contribution in [1.82, 2.24) is 25.6 Å². The average molecular weight is 457 g/mol. The fourth-order valence-corrected chi connectivity index (χ4v) is 5.01. The van der Waals surface area contributed by atoms with Crippen molar-refractivity contribution in [3.63, 3.8) is 0 Å². The number of hydrazine groups is 1. The second-order valence-electron chi connectivity index (χ2n) is 7.32. The lowest BCUT2D eigenvalue weighted by Gasteiger charge is -2.13. The number of nitrogens with one attached hydrogen (secondary N) is 2. The molecule has 0 radical (unpaired) electrons. The summed E-state index contributed by atoms with van der Waals surface area (Å²) < 4.78 is 2.17. The van der Waals surface area contributed by atoms with Crippen molar-refractivity contribution in [3.05, 3.63) is 51.3 Å². The maximum Gasteiger partial charge on any atom is 0.290 e. The molecule has 0 unspecified atom stereocenters. The molecule has 0 aliphatic rings. The third-order valence-corrected chi connectivity index (χ3v) is 6.83. The Labute approximate surface area is 185 Å². The minimum Gasteiger partial charge on any atom is -0.354 e. The van der Waals surface area contributed by atoms with E-state index in [-0.39, 0.29) is 17.3 Å². The van der Waals surface area contributed by atoms with Crippen molar-refractivity contribution in [3.8, 4) is 0 Å². The summed E-state index contributed by atoms with van der Waals surface area (Å²) in [6.45, 7) is 3.62. The van der Waals surface area contributed by atoms with Crippen molar-refractivity contribution < 1.29 is 9.59 Å². The molecule has 31 heavy (non-hydrogen) atoms. The molecule has 3 heterocycles. The quantitative estimate of drug-likeness (QED) is 0.457. The zero-order valence-corrected chi connectivity index (χ0v) is 18.9. The van der Waals surface area contributed by atoms with Crippen LogP contribution in [-0.4, -0.2) is 40.7 Å². The molecule has 0 spiro atoms. The molecule has 2 amide bonds. The predicted molar refractivity (Wildman–Crippen MR) is 123 cm³/mol. The summed E-state index contributed by atoms with van der Waals surface area (Å²) in [6.07, 6.45) is 0. The van der Waals surface area contributed by atoms with Gasteiger partial charge in [0.2, 0.25) is 0 Å². The number of thiazole rings is 1. The van der Waals surface area contributed by atoms with E-state index in [9.17, 15) is 14.4 Å². The molecule has 0 atom stereocenters. The zero-order chi connectivity index (χ0) is 22.3. The van der Waals surface area contributed by atoms with Crippen molar-refractivity contribution in [2.24, 2.45) is 0 Å². The molecule has 0 aliphatic heterocycles. The van der Waals surface area contributed by atoms with Crippen LogP contribution >= 0.6 is 22.7 Å².